The van der Waals surface area contributed by atoms with Crippen LogP contribution in [0.2, 0.25) is 0 Å². The van der Waals surface area contributed by atoms with E-state index in [4.69, 9.17) is 0 Å². The van der Waals surface area contributed by atoms with Gasteiger partial charge in [0.1, 0.15) is 5.82 Å². The molecule has 2 aromatic rings. The Bertz CT molecular complexity index is 999. The second-order valence-electron chi connectivity index (χ2n) is 10.00. The smallest absolute Gasteiger partial charge is 0.315 e. The van der Waals surface area contributed by atoms with Crippen LogP contribution in [-0.4, -0.2) is 38.6 Å². The first kappa shape index (κ1) is 20.6. The van der Waals surface area contributed by atoms with Crippen LogP contribution in [0.3, 0.4) is 0 Å². The summed E-state index contributed by atoms with van der Waals surface area (Å²) >= 11 is 0. The lowest BCUT2D eigenvalue weighted by molar-refractivity contribution is 0.0626. The molecule has 1 N–H and O–H groups in total. The van der Waals surface area contributed by atoms with E-state index in [2.05, 4.69) is 50.0 Å². The van der Waals surface area contributed by atoms with Crippen LogP contribution in [0.15, 0.2) is 35.1 Å². The van der Waals surface area contributed by atoms with Crippen molar-refractivity contribution in [2.24, 2.45) is 5.41 Å². The Morgan fingerprint density at radius 1 is 1.07 bits per heavy atom. The fourth-order valence-corrected chi connectivity index (χ4v) is 5.09. The van der Waals surface area contributed by atoms with Crippen molar-refractivity contribution in [3.05, 3.63) is 57.8 Å². The maximum Gasteiger partial charge on any atom is 0.315 e. The molecule has 6 heteroatoms. The molecule has 6 nitrogen and oxygen atoms in total. The van der Waals surface area contributed by atoms with Crippen molar-refractivity contribution in [1.29, 1.82) is 0 Å². The minimum atomic E-state index is -0.705. The van der Waals surface area contributed by atoms with Gasteiger partial charge in [0.2, 0.25) is 5.75 Å². The molecule has 1 aromatic carbocycles. The predicted molar refractivity (Wildman–Crippen MR) is 116 cm³/mol. The van der Waals surface area contributed by atoms with E-state index in [1.54, 1.807) is 9.47 Å². The number of carbonyl (C=O) groups is 1. The summed E-state index contributed by atoms with van der Waals surface area (Å²) in [7, 11) is 0. The van der Waals surface area contributed by atoms with E-state index < -0.39 is 11.3 Å². The van der Waals surface area contributed by atoms with E-state index in [1.165, 1.54) is 5.56 Å². The standard InChI is InChI=1S/C24H31N3O3/c1-23(2,3)16-26-13-14-27-18(25-21(29)20(28)19(27)22(26)30)15-24(11-7-8-12-24)17-9-5-4-6-10-17/h4-6,9-10,28H,7-8,11-16H2,1-3H3. The Hall–Kier alpha value is -2.63. The fourth-order valence-electron chi connectivity index (χ4n) is 5.09. The largest absolute Gasteiger partial charge is 0.501 e. The molecular formula is C24H31N3O3. The topological polar surface area (TPSA) is 75.4 Å². The normalized spacial score (nSPS) is 18.5. The van der Waals surface area contributed by atoms with Crippen LogP contribution in [0.4, 0.5) is 0 Å². The minimum absolute atomic E-state index is 0.0647. The SMILES string of the molecule is CC(C)(C)CN1CCn2c(CC3(c4ccccc4)CCCC3)nc(=O)c(O)c2C1=O. The monoisotopic (exact) mass is 409 g/mol. The summed E-state index contributed by atoms with van der Waals surface area (Å²) in [5.41, 5.74) is 0.510. The van der Waals surface area contributed by atoms with Crippen LogP contribution < -0.4 is 5.56 Å². The zero-order valence-corrected chi connectivity index (χ0v) is 18.1. The van der Waals surface area contributed by atoms with E-state index in [-0.39, 0.29) is 22.4 Å². The first-order chi connectivity index (χ1) is 14.2. The molecule has 0 unspecified atom stereocenters. The minimum Gasteiger partial charge on any atom is -0.501 e. The van der Waals surface area contributed by atoms with Gasteiger partial charge in [-0.25, -0.2) is 0 Å². The molecule has 2 heterocycles. The van der Waals surface area contributed by atoms with E-state index in [9.17, 15) is 14.7 Å². The molecule has 30 heavy (non-hydrogen) atoms. The highest BCUT2D eigenvalue weighted by atomic mass is 16.3. The molecule has 160 valence electrons. The van der Waals surface area contributed by atoms with Crippen LogP contribution >= 0.6 is 0 Å². The van der Waals surface area contributed by atoms with E-state index >= 15 is 0 Å². The first-order valence-corrected chi connectivity index (χ1v) is 10.9. The van der Waals surface area contributed by atoms with Gasteiger partial charge in [0.15, 0.2) is 5.69 Å². The second kappa shape index (κ2) is 7.56. The molecule has 1 amide bonds. The van der Waals surface area contributed by atoms with Crippen LogP contribution in [0.1, 0.15) is 68.3 Å². The third-order valence-electron chi connectivity index (χ3n) is 6.43. The molecule has 0 bridgehead atoms. The number of rotatable bonds is 4. The summed E-state index contributed by atoms with van der Waals surface area (Å²) in [6.45, 7) is 7.89. The van der Waals surface area contributed by atoms with Crippen molar-refractivity contribution in [2.45, 2.75) is 64.8 Å². The lowest BCUT2D eigenvalue weighted by atomic mass is 9.76. The number of amides is 1. The lowest BCUT2D eigenvalue weighted by Gasteiger charge is -2.36. The predicted octanol–water partition coefficient (Wildman–Crippen LogP) is 3.51. The van der Waals surface area contributed by atoms with Gasteiger partial charge in [0.25, 0.3) is 5.91 Å². The van der Waals surface area contributed by atoms with Gasteiger partial charge < -0.3 is 14.6 Å². The zero-order chi connectivity index (χ0) is 21.5. The van der Waals surface area contributed by atoms with Gasteiger partial charge in [-0.2, -0.15) is 4.98 Å². The van der Waals surface area contributed by atoms with Crippen LogP contribution in [0.5, 0.6) is 5.75 Å². The van der Waals surface area contributed by atoms with Gasteiger partial charge in [-0.05, 0) is 23.8 Å². The molecule has 1 aromatic heterocycles. The molecule has 0 saturated heterocycles. The molecule has 0 atom stereocenters. The summed E-state index contributed by atoms with van der Waals surface area (Å²) in [5, 5.41) is 10.5. The van der Waals surface area contributed by atoms with E-state index in [0.29, 0.717) is 31.9 Å². The number of hydrogen-bond donors (Lipinski definition) is 1. The Morgan fingerprint density at radius 3 is 2.37 bits per heavy atom. The summed E-state index contributed by atoms with van der Waals surface area (Å²) < 4.78 is 1.79. The average molecular weight is 410 g/mol. The summed E-state index contributed by atoms with van der Waals surface area (Å²) in [6, 6.07) is 10.4. The molecule has 1 saturated carbocycles. The highest BCUT2D eigenvalue weighted by Gasteiger charge is 2.39. The van der Waals surface area contributed by atoms with Crippen molar-refractivity contribution in [1.82, 2.24) is 14.5 Å². The van der Waals surface area contributed by atoms with E-state index in [1.807, 2.05) is 6.07 Å². The first-order valence-electron chi connectivity index (χ1n) is 10.9. The third kappa shape index (κ3) is 3.75. The molecule has 0 radical (unpaired) electrons. The van der Waals surface area contributed by atoms with Crippen LogP contribution in [-0.2, 0) is 18.4 Å². The molecule has 0 spiro atoms. The van der Waals surface area contributed by atoms with Crippen molar-refractivity contribution in [3.63, 3.8) is 0 Å². The van der Waals surface area contributed by atoms with Gasteiger partial charge in [0.05, 0.1) is 0 Å². The van der Waals surface area contributed by atoms with Gasteiger partial charge in [-0.3, -0.25) is 9.59 Å². The quantitative estimate of drug-likeness (QED) is 0.839. The zero-order valence-electron chi connectivity index (χ0n) is 18.1. The van der Waals surface area contributed by atoms with Gasteiger partial charge in [-0.15, -0.1) is 0 Å². The van der Waals surface area contributed by atoms with Crippen molar-refractivity contribution >= 4 is 5.91 Å². The van der Waals surface area contributed by atoms with Crippen LogP contribution in [0.25, 0.3) is 0 Å². The Kier molecular flexibility index (Phi) is 5.20. The molecule has 1 fully saturated rings. The maximum atomic E-state index is 13.2. The number of nitrogens with zero attached hydrogens (tertiary/aromatic N) is 3. The Labute approximate surface area is 177 Å². The van der Waals surface area contributed by atoms with Gasteiger partial charge in [0, 0.05) is 31.5 Å². The number of hydrogen-bond acceptors (Lipinski definition) is 4. The maximum absolute atomic E-state index is 13.2. The molecule has 1 aliphatic carbocycles. The average Bonchev–Trinajstić information content (AvgIpc) is 3.17. The lowest BCUT2D eigenvalue weighted by Crippen LogP contribution is -2.46. The van der Waals surface area contributed by atoms with Crippen molar-refractivity contribution in [2.75, 3.05) is 13.1 Å². The highest BCUT2D eigenvalue weighted by molar-refractivity contribution is 5.95. The summed E-state index contributed by atoms with van der Waals surface area (Å²) in [5.74, 6) is -0.195. The summed E-state index contributed by atoms with van der Waals surface area (Å²) in [4.78, 5) is 31.7. The van der Waals surface area contributed by atoms with Crippen LogP contribution in [0, 0.1) is 5.41 Å². The third-order valence-corrected chi connectivity index (χ3v) is 6.43. The number of carbonyl (C=O) groups excluding carboxylic acids is 1. The van der Waals surface area contributed by atoms with Crippen molar-refractivity contribution in [3.8, 4) is 5.75 Å². The number of aromatic nitrogens is 2. The highest BCUT2D eigenvalue weighted by Crippen LogP contribution is 2.43. The number of aromatic hydroxyl groups is 1. The number of fused-ring (bicyclic) bond motifs is 1. The summed E-state index contributed by atoms with van der Waals surface area (Å²) in [6.07, 6.45) is 4.96. The molecular weight excluding hydrogens is 378 g/mol. The Morgan fingerprint density at radius 2 is 1.73 bits per heavy atom. The van der Waals surface area contributed by atoms with Gasteiger partial charge >= 0.3 is 5.56 Å². The fraction of sp³-hybridized carbons (Fsp3) is 0.542. The molecule has 2 aliphatic rings. The van der Waals surface area contributed by atoms with E-state index in [0.717, 1.165) is 25.7 Å². The molecule has 4 rings (SSSR count). The molecule has 1 aliphatic heterocycles. The Balaban J connectivity index is 1.76. The second-order valence-corrected chi connectivity index (χ2v) is 10.00. The van der Waals surface area contributed by atoms with Gasteiger partial charge in [-0.1, -0.05) is 63.9 Å². The number of benzene rings is 1. The van der Waals surface area contributed by atoms with Crippen molar-refractivity contribution < 1.29 is 9.90 Å².